The van der Waals surface area contributed by atoms with Gasteiger partial charge in [0, 0.05) is 28.1 Å². The molecule has 8 rings (SSSR count). The Kier molecular flexibility index (Phi) is 6.19. The van der Waals surface area contributed by atoms with Crippen molar-refractivity contribution in [3.8, 4) is 11.1 Å². The zero-order valence-electron chi connectivity index (χ0n) is 23.4. The fraction of sp³-hybridized carbons (Fsp3) is 0.0526. The van der Waals surface area contributed by atoms with Gasteiger partial charge < -0.3 is 15.2 Å². The maximum absolute atomic E-state index is 5.10. The van der Waals surface area contributed by atoms with Crippen LogP contribution in [0.2, 0.25) is 0 Å². The molecule has 3 heterocycles. The molecule has 206 valence electrons. The van der Waals surface area contributed by atoms with Gasteiger partial charge in [-0.15, -0.1) is 0 Å². The van der Waals surface area contributed by atoms with Crippen LogP contribution in [-0.4, -0.2) is 16.6 Å². The summed E-state index contributed by atoms with van der Waals surface area (Å²) in [5.74, 6) is 1.71. The van der Waals surface area contributed by atoms with E-state index in [9.17, 15) is 0 Å². The Balaban J connectivity index is 1.19. The van der Waals surface area contributed by atoms with E-state index in [1.165, 1.54) is 32.9 Å². The number of aromatic nitrogens is 1. The van der Waals surface area contributed by atoms with E-state index < -0.39 is 0 Å². The van der Waals surface area contributed by atoms with Crippen LogP contribution in [0.3, 0.4) is 0 Å². The molecule has 5 heteroatoms. The molecule has 2 aliphatic rings. The summed E-state index contributed by atoms with van der Waals surface area (Å²) in [5, 5.41) is 9.61. The van der Waals surface area contributed by atoms with Crippen molar-refractivity contribution >= 4 is 33.9 Å². The first-order valence-corrected chi connectivity index (χ1v) is 14.6. The van der Waals surface area contributed by atoms with Crippen molar-refractivity contribution in [3.63, 3.8) is 0 Å². The van der Waals surface area contributed by atoms with Gasteiger partial charge in [0.15, 0.2) is 0 Å². The van der Waals surface area contributed by atoms with Crippen LogP contribution in [0, 0.1) is 0 Å². The van der Waals surface area contributed by atoms with Gasteiger partial charge in [-0.2, -0.15) is 0 Å². The van der Waals surface area contributed by atoms with Crippen molar-refractivity contribution < 1.29 is 0 Å². The van der Waals surface area contributed by atoms with E-state index in [1.54, 1.807) is 0 Å². The van der Waals surface area contributed by atoms with Gasteiger partial charge in [0.2, 0.25) is 0 Å². The third kappa shape index (κ3) is 4.61. The number of hydrogen-bond acceptors (Lipinski definition) is 4. The number of nitrogens with one attached hydrogen (secondary N) is 2. The molecule has 0 amide bonds. The third-order valence-electron chi connectivity index (χ3n) is 8.13. The predicted molar refractivity (Wildman–Crippen MR) is 177 cm³/mol. The van der Waals surface area contributed by atoms with Crippen molar-refractivity contribution in [1.29, 1.82) is 0 Å². The molecule has 0 aliphatic carbocycles. The molecule has 5 aromatic carbocycles. The fourth-order valence-corrected chi connectivity index (χ4v) is 6.01. The van der Waals surface area contributed by atoms with Gasteiger partial charge in [0.25, 0.3) is 0 Å². The summed E-state index contributed by atoms with van der Waals surface area (Å²) in [6.07, 6.45) is 5.92. The Morgan fingerprint density at radius 1 is 0.605 bits per heavy atom. The first kappa shape index (κ1) is 25.1. The topological polar surface area (TPSA) is 53.7 Å². The number of dihydropyridines is 1. The second-order valence-electron chi connectivity index (χ2n) is 10.8. The van der Waals surface area contributed by atoms with Crippen LogP contribution in [0.15, 0.2) is 167 Å². The van der Waals surface area contributed by atoms with Crippen LogP contribution >= 0.6 is 0 Å². The lowest BCUT2D eigenvalue weighted by atomic mass is 10.0. The van der Waals surface area contributed by atoms with Gasteiger partial charge in [-0.25, -0.2) is 4.99 Å². The Hall–Kier alpha value is -5.68. The number of para-hydroxylation sites is 1. The molecule has 2 unspecified atom stereocenters. The Morgan fingerprint density at radius 2 is 1.28 bits per heavy atom. The van der Waals surface area contributed by atoms with Gasteiger partial charge in [0.05, 0.1) is 11.0 Å². The molecule has 1 aromatic heterocycles. The number of hydrogen-bond donors (Lipinski definition) is 2. The molecule has 0 saturated carbocycles. The Morgan fingerprint density at radius 3 is 2.02 bits per heavy atom. The van der Waals surface area contributed by atoms with Crippen molar-refractivity contribution in [2.45, 2.75) is 12.3 Å². The van der Waals surface area contributed by atoms with Gasteiger partial charge in [-0.3, -0.25) is 4.99 Å². The minimum Gasteiger partial charge on any atom is -0.346 e. The van der Waals surface area contributed by atoms with Crippen LogP contribution in [-0.2, 0) is 0 Å². The summed E-state index contributed by atoms with van der Waals surface area (Å²) in [7, 11) is 0. The molecule has 0 bridgehead atoms. The van der Waals surface area contributed by atoms with Crippen LogP contribution < -0.4 is 10.6 Å². The molecule has 6 aromatic rings. The highest BCUT2D eigenvalue weighted by Gasteiger charge is 2.23. The summed E-state index contributed by atoms with van der Waals surface area (Å²) >= 11 is 0. The summed E-state index contributed by atoms with van der Waals surface area (Å²) < 4.78 is 2.34. The highest BCUT2D eigenvalue weighted by atomic mass is 15.3. The smallest absolute Gasteiger partial charge is 0.148 e. The maximum Gasteiger partial charge on any atom is 0.148 e. The average Bonchev–Trinajstić information content (AvgIpc) is 3.43. The van der Waals surface area contributed by atoms with Crippen LogP contribution in [0.25, 0.3) is 32.9 Å². The lowest BCUT2D eigenvalue weighted by Crippen LogP contribution is -2.41. The molecular formula is C38H29N5. The number of nitrogens with zero attached hydrogens (tertiary/aromatic N) is 3. The quantitative estimate of drug-likeness (QED) is 0.231. The van der Waals surface area contributed by atoms with E-state index in [4.69, 9.17) is 9.98 Å². The molecule has 0 fully saturated rings. The minimum absolute atomic E-state index is 0.173. The van der Waals surface area contributed by atoms with E-state index in [0.717, 1.165) is 28.4 Å². The van der Waals surface area contributed by atoms with Gasteiger partial charge in [-0.05, 0) is 41.0 Å². The number of amidine groups is 1. The maximum atomic E-state index is 5.10. The summed E-state index contributed by atoms with van der Waals surface area (Å²) in [4.78, 5) is 10.1. The van der Waals surface area contributed by atoms with Gasteiger partial charge in [-0.1, -0.05) is 121 Å². The molecule has 43 heavy (non-hydrogen) atoms. The van der Waals surface area contributed by atoms with Gasteiger partial charge >= 0.3 is 0 Å². The zero-order chi connectivity index (χ0) is 28.6. The molecule has 5 nitrogen and oxygen atoms in total. The first-order chi connectivity index (χ1) is 21.3. The normalized spacial score (nSPS) is 19.7. The van der Waals surface area contributed by atoms with Crippen molar-refractivity contribution in [2.75, 3.05) is 0 Å². The zero-order valence-corrected chi connectivity index (χ0v) is 23.4. The molecular weight excluding hydrogens is 526 g/mol. The lowest BCUT2D eigenvalue weighted by molar-refractivity contribution is 0.579. The third-order valence-corrected chi connectivity index (χ3v) is 8.13. The second kappa shape index (κ2) is 10.6. The highest BCUT2D eigenvalue weighted by molar-refractivity contribution is 6.09. The number of aliphatic imine (C=N–C) groups is 2. The van der Waals surface area contributed by atoms with Crippen LogP contribution in [0.4, 0.5) is 0 Å². The van der Waals surface area contributed by atoms with E-state index in [2.05, 4.69) is 124 Å². The summed E-state index contributed by atoms with van der Waals surface area (Å²) in [6, 6.07) is 46.4. The SMILES string of the molecule is C1=CC(n2c3ccccc3c3ccc(-c4ccccc4)cc32)N=CC1=C1NC(c2ccccc2)=NC(c2ccccc2)N1. The molecule has 2 N–H and O–H groups in total. The standard InChI is InChI=1S/C38H29N5/c1-4-12-26(13-5-1)29-20-22-32-31-18-10-11-19-33(31)43(34(32)24-29)35-23-21-30(25-39-35)38-41-36(27-14-6-2-7-15-27)40-37(42-38)28-16-8-3-9-17-28/h1-25,35-36,41H,(H,40,42). The largest absolute Gasteiger partial charge is 0.346 e. The average molecular weight is 556 g/mol. The Labute approximate surface area is 250 Å². The van der Waals surface area contributed by atoms with Crippen LogP contribution in [0.1, 0.15) is 23.5 Å². The molecule has 2 atom stereocenters. The molecule has 0 spiro atoms. The lowest BCUT2D eigenvalue weighted by Gasteiger charge is -2.29. The van der Waals surface area contributed by atoms with Gasteiger partial charge in [0.1, 0.15) is 24.0 Å². The van der Waals surface area contributed by atoms with E-state index in [-0.39, 0.29) is 12.3 Å². The summed E-state index contributed by atoms with van der Waals surface area (Å²) in [5.41, 5.74) is 7.85. The molecule has 0 radical (unpaired) electrons. The van der Waals surface area contributed by atoms with Crippen molar-refractivity contribution in [2.24, 2.45) is 9.98 Å². The van der Waals surface area contributed by atoms with E-state index >= 15 is 0 Å². The van der Waals surface area contributed by atoms with Crippen molar-refractivity contribution in [1.82, 2.24) is 15.2 Å². The molecule has 0 saturated heterocycles. The number of allylic oxidation sites excluding steroid dienone is 2. The first-order valence-electron chi connectivity index (χ1n) is 14.6. The van der Waals surface area contributed by atoms with E-state index in [1.807, 2.05) is 42.6 Å². The number of fused-ring (bicyclic) bond motifs is 3. The fourth-order valence-electron chi connectivity index (χ4n) is 6.01. The number of benzene rings is 5. The monoisotopic (exact) mass is 555 g/mol. The van der Waals surface area contributed by atoms with Crippen LogP contribution in [0.5, 0.6) is 0 Å². The molecule has 2 aliphatic heterocycles. The summed E-state index contributed by atoms with van der Waals surface area (Å²) in [6.45, 7) is 0. The Bertz CT molecular complexity index is 2050. The minimum atomic E-state index is -0.214. The predicted octanol–water partition coefficient (Wildman–Crippen LogP) is 8.15. The highest BCUT2D eigenvalue weighted by Crippen LogP contribution is 2.36. The number of rotatable bonds is 4. The van der Waals surface area contributed by atoms with E-state index in [0.29, 0.717) is 0 Å². The second-order valence-corrected chi connectivity index (χ2v) is 10.8. The van der Waals surface area contributed by atoms with Crippen molar-refractivity contribution in [3.05, 3.63) is 168 Å².